The highest BCUT2D eigenvalue weighted by molar-refractivity contribution is 7.97. The summed E-state index contributed by atoms with van der Waals surface area (Å²) in [5.74, 6) is 0.283. The minimum absolute atomic E-state index is 0.132. The number of nitrogens with two attached hydrogens (primary N) is 1. The normalized spacial score (nSPS) is 25.7. The molecule has 2 aliphatic rings. The van der Waals surface area contributed by atoms with Crippen LogP contribution in [0.1, 0.15) is 25.3 Å². The molecule has 4 N–H and O–H groups in total. The van der Waals surface area contributed by atoms with Gasteiger partial charge in [-0.2, -0.15) is 5.26 Å². The molecule has 2 aromatic carbocycles. The number of nitriles is 1. The SMILES string of the molecule is CC1CC2CC1C(C(=O)N[C@H](C#N)Cc1ccc(-c3ccc(SN)cc3)cc1F)N2. The van der Waals surface area contributed by atoms with Crippen molar-refractivity contribution >= 4 is 17.9 Å². The molecule has 1 saturated carbocycles. The summed E-state index contributed by atoms with van der Waals surface area (Å²) in [6.07, 6.45) is 2.24. The van der Waals surface area contributed by atoms with Gasteiger partial charge in [-0.3, -0.25) is 9.93 Å². The number of nitrogens with one attached hydrogen (secondary N) is 2. The highest BCUT2D eigenvalue weighted by atomic mass is 32.2. The molecule has 2 aromatic rings. The van der Waals surface area contributed by atoms with Gasteiger partial charge in [0.25, 0.3) is 0 Å². The molecular weight excluding hydrogens is 399 g/mol. The standard InChI is InChI=1S/C23H25FN4OS/c1-13-8-17-11-20(13)22(27-17)23(29)28-18(12-25)9-16-3-2-15(10-21(16)24)14-4-6-19(30-26)7-5-14/h2-7,10,13,17-18,20,22,27H,8-9,11,26H2,1H3,(H,28,29)/t13?,17?,18-,20?,22?/m0/s1. The van der Waals surface area contributed by atoms with E-state index in [0.717, 1.165) is 40.8 Å². The molecule has 4 rings (SSSR count). The summed E-state index contributed by atoms with van der Waals surface area (Å²) >= 11 is 1.16. The quantitative estimate of drug-likeness (QED) is 0.619. The number of carbonyl (C=O) groups excluding carboxylic acids is 1. The van der Waals surface area contributed by atoms with Gasteiger partial charge >= 0.3 is 0 Å². The fourth-order valence-electron chi connectivity index (χ4n) is 4.76. The van der Waals surface area contributed by atoms with E-state index in [0.29, 0.717) is 23.4 Å². The molecule has 0 aromatic heterocycles. The van der Waals surface area contributed by atoms with E-state index in [1.165, 1.54) is 6.07 Å². The Morgan fingerprint density at radius 1 is 1.30 bits per heavy atom. The van der Waals surface area contributed by atoms with Gasteiger partial charge in [0.1, 0.15) is 11.9 Å². The van der Waals surface area contributed by atoms with E-state index in [1.54, 1.807) is 6.07 Å². The zero-order valence-electron chi connectivity index (χ0n) is 16.8. The summed E-state index contributed by atoms with van der Waals surface area (Å²) in [5.41, 5.74) is 2.05. The van der Waals surface area contributed by atoms with E-state index in [4.69, 9.17) is 5.14 Å². The summed E-state index contributed by atoms with van der Waals surface area (Å²) in [6.45, 7) is 2.17. The zero-order chi connectivity index (χ0) is 21.3. The van der Waals surface area contributed by atoms with Crippen LogP contribution in [0.25, 0.3) is 11.1 Å². The third-order valence-electron chi connectivity index (χ3n) is 6.34. The van der Waals surface area contributed by atoms with E-state index in [9.17, 15) is 14.4 Å². The van der Waals surface area contributed by atoms with Crippen molar-refractivity contribution in [2.75, 3.05) is 0 Å². The number of benzene rings is 2. The number of piperidine rings is 1. The van der Waals surface area contributed by atoms with Gasteiger partial charge in [0, 0.05) is 17.4 Å². The second-order valence-corrected chi connectivity index (χ2v) is 9.00. The monoisotopic (exact) mass is 424 g/mol. The first-order chi connectivity index (χ1) is 14.5. The van der Waals surface area contributed by atoms with Crippen LogP contribution in [0.4, 0.5) is 4.39 Å². The largest absolute Gasteiger partial charge is 0.339 e. The maximum Gasteiger partial charge on any atom is 0.238 e. The van der Waals surface area contributed by atoms with Crippen LogP contribution in [0, 0.1) is 29.0 Å². The molecule has 30 heavy (non-hydrogen) atoms. The van der Waals surface area contributed by atoms with Crippen LogP contribution in [0.15, 0.2) is 47.4 Å². The lowest BCUT2D eigenvalue weighted by Gasteiger charge is -2.28. The average molecular weight is 425 g/mol. The lowest BCUT2D eigenvalue weighted by molar-refractivity contribution is -0.124. The van der Waals surface area contributed by atoms with Crippen LogP contribution < -0.4 is 15.8 Å². The third-order valence-corrected chi connectivity index (χ3v) is 6.89. The fraction of sp³-hybridized carbons (Fsp3) is 0.391. The minimum atomic E-state index is -0.769. The molecule has 1 aliphatic carbocycles. The number of hydrogen-bond acceptors (Lipinski definition) is 5. The van der Waals surface area contributed by atoms with E-state index in [2.05, 4.69) is 23.6 Å². The lowest BCUT2D eigenvalue weighted by Crippen LogP contribution is -2.52. The molecule has 1 amide bonds. The van der Waals surface area contributed by atoms with Crippen LogP contribution >= 0.6 is 11.9 Å². The number of rotatable bonds is 6. The molecule has 1 aliphatic heterocycles. The van der Waals surface area contributed by atoms with Crippen molar-refractivity contribution in [3.05, 3.63) is 53.8 Å². The second-order valence-electron chi connectivity index (χ2n) is 8.30. The number of halogens is 1. The van der Waals surface area contributed by atoms with Gasteiger partial charge < -0.3 is 10.6 Å². The van der Waals surface area contributed by atoms with Gasteiger partial charge in [-0.15, -0.1) is 0 Å². The van der Waals surface area contributed by atoms with Crippen molar-refractivity contribution in [3.63, 3.8) is 0 Å². The molecule has 156 valence electrons. The first kappa shape index (κ1) is 20.9. The Labute approximate surface area is 180 Å². The first-order valence-electron chi connectivity index (χ1n) is 10.2. The maximum absolute atomic E-state index is 14.7. The second kappa shape index (κ2) is 8.76. The van der Waals surface area contributed by atoms with Crippen LogP contribution in [0.3, 0.4) is 0 Å². The number of hydrogen-bond donors (Lipinski definition) is 3. The molecule has 5 nitrogen and oxygen atoms in total. The molecule has 1 heterocycles. The van der Waals surface area contributed by atoms with Gasteiger partial charge in [0.15, 0.2) is 0 Å². The average Bonchev–Trinajstić information content (AvgIpc) is 3.34. The van der Waals surface area contributed by atoms with Crippen molar-refractivity contribution in [2.24, 2.45) is 17.0 Å². The molecule has 2 fully saturated rings. The smallest absolute Gasteiger partial charge is 0.238 e. The summed E-state index contributed by atoms with van der Waals surface area (Å²) in [7, 11) is 0. The molecule has 0 spiro atoms. The van der Waals surface area contributed by atoms with Gasteiger partial charge in [0.05, 0.1) is 12.1 Å². The Bertz CT molecular complexity index is 974. The Morgan fingerprint density at radius 3 is 2.63 bits per heavy atom. The molecular formula is C23H25FN4OS. The van der Waals surface area contributed by atoms with Gasteiger partial charge in [-0.1, -0.05) is 31.2 Å². The highest BCUT2D eigenvalue weighted by Gasteiger charge is 2.47. The van der Waals surface area contributed by atoms with Gasteiger partial charge in [-0.05, 0) is 71.5 Å². The van der Waals surface area contributed by atoms with Crippen molar-refractivity contribution in [1.82, 2.24) is 10.6 Å². The highest BCUT2D eigenvalue weighted by Crippen LogP contribution is 2.40. The predicted molar refractivity (Wildman–Crippen MR) is 116 cm³/mol. The van der Waals surface area contributed by atoms with Crippen molar-refractivity contribution in [1.29, 1.82) is 5.26 Å². The van der Waals surface area contributed by atoms with Crippen molar-refractivity contribution in [3.8, 4) is 17.2 Å². The summed E-state index contributed by atoms with van der Waals surface area (Å²) < 4.78 is 14.7. The maximum atomic E-state index is 14.7. The topological polar surface area (TPSA) is 90.9 Å². The minimum Gasteiger partial charge on any atom is -0.339 e. The zero-order valence-corrected chi connectivity index (χ0v) is 17.6. The summed E-state index contributed by atoms with van der Waals surface area (Å²) in [4.78, 5) is 13.6. The Hall–Kier alpha value is -2.40. The number of fused-ring (bicyclic) bond motifs is 2. The van der Waals surface area contributed by atoms with E-state index in [-0.39, 0.29) is 24.2 Å². The molecule has 0 radical (unpaired) electrons. The van der Waals surface area contributed by atoms with Crippen LogP contribution in [-0.2, 0) is 11.2 Å². The Balaban J connectivity index is 1.42. The molecule has 7 heteroatoms. The number of amides is 1. The predicted octanol–water partition coefficient (Wildman–Crippen LogP) is 3.40. The summed E-state index contributed by atoms with van der Waals surface area (Å²) in [6, 6.07) is 14.0. The lowest BCUT2D eigenvalue weighted by atomic mass is 9.89. The molecule has 2 bridgehead atoms. The van der Waals surface area contributed by atoms with E-state index < -0.39 is 6.04 Å². The van der Waals surface area contributed by atoms with E-state index >= 15 is 0 Å². The van der Waals surface area contributed by atoms with Crippen LogP contribution in [-0.4, -0.2) is 24.0 Å². The first-order valence-corrected chi connectivity index (χ1v) is 11.1. The molecule has 4 unspecified atom stereocenters. The Kier molecular flexibility index (Phi) is 6.09. The number of carbonyl (C=O) groups is 1. The third kappa shape index (κ3) is 4.22. The van der Waals surface area contributed by atoms with Crippen LogP contribution in [0.5, 0.6) is 0 Å². The number of nitrogens with zero attached hydrogens (tertiary/aromatic N) is 1. The molecule has 5 atom stereocenters. The van der Waals surface area contributed by atoms with Crippen molar-refractivity contribution in [2.45, 2.75) is 49.2 Å². The fourth-order valence-corrected chi connectivity index (χ4v) is 5.05. The summed E-state index contributed by atoms with van der Waals surface area (Å²) in [5, 5.41) is 21.2. The van der Waals surface area contributed by atoms with Crippen LogP contribution in [0.2, 0.25) is 0 Å². The Morgan fingerprint density at radius 2 is 2.03 bits per heavy atom. The molecule has 1 saturated heterocycles. The van der Waals surface area contributed by atoms with Crippen molar-refractivity contribution < 1.29 is 9.18 Å². The van der Waals surface area contributed by atoms with Gasteiger partial charge in [-0.25, -0.2) is 4.39 Å². The van der Waals surface area contributed by atoms with E-state index in [1.807, 2.05) is 30.3 Å². The van der Waals surface area contributed by atoms with Gasteiger partial charge in [0.2, 0.25) is 5.91 Å².